The number of methoxy groups -OCH3 is 1. The third-order valence-corrected chi connectivity index (χ3v) is 6.55. The van der Waals surface area contributed by atoms with Gasteiger partial charge in [0.2, 0.25) is 17.7 Å². The van der Waals surface area contributed by atoms with E-state index < -0.39 is 5.25 Å². The summed E-state index contributed by atoms with van der Waals surface area (Å²) in [5.74, 6) is -0.351. The summed E-state index contributed by atoms with van der Waals surface area (Å²) in [4.78, 5) is 40.9. The monoisotopic (exact) mass is 425 g/mol. The van der Waals surface area contributed by atoms with E-state index in [4.69, 9.17) is 4.74 Å². The number of fused-ring (bicyclic) bond motifs is 1. The summed E-state index contributed by atoms with van der Waals surface area (Å²) in [7, 11) is 1.57. The molecule has 2 aromatic carbocycles. The Morgan fingerprint density at radius 3 is 2.87 bits per heavy atom. The van der Waals surface area contributed by atoms with E-state index in [1.807, 2.05) is 36.4 Å². The molecule has 0 saturated carbocycles. The maximum Gasteiger partial charge on any atom is 0.247 e. The Morgan fingerprint density at radius 2 is 2.03 bits per heavy atom. The van der Waals surface area contributed by atoms with Crippen LogP contribution in [-0.2, 0) is 14.4 Å². The topological polar surface area (TPSA) is 87.7 Å². The van der Waals surface area contributed by atoms with E-state index >= 15 is 0 Å². The first-order valence-corrected chi connectivity index (χ1v) is 10.7. The van der Waals surface area contributed by atoms with E-state index in [2.05, 4.69) is 10.6 Å². The molecule has 0 radical (unpaired) electrons. The van der Waals surface area contributed by atoms with Crippen LogP contribution in [0.3, 0.4) is 0 Å². The molecule has 0 aromatic heterocycles. The fraction of sp³-hybridized carbons (Fsp3) is 0.318. The second-order valence-electron chi connectivity index (χ2n) is 7.33. The first-order valence-electron chi connectivity index (χ1n) is 9.85. The fourth-order valence-corrected chi connectivity index (χ4v) is 4.79. The summed E-state index contributed by atoms with van der Waals surface area (Å²) in [6.07, 6.45) is 1.42. The number of hydrogen-bond acceptors (Lipinski definition) is 5. The smallest absolute Gasteiger partial charge is 0.247 e. The molecule has 8 heteroatoms. The summed E-state index contributed by atoms with van der Waals surface area (Å²) < 4.78 is 5.19. The van der Waals surface area contributed by atoms with Crippen LogP contribution in [0.4, 0.5) is 11.4 Å². The van der Waals surface area contributed by atoms with Crippen molar-refractivity contribution in [2.75, 3.05) is 30.8 Å². The number of nitrogens with zero attached hydrogens (tertiary/aromatic N) is 1. The Hall–Kier alpha value is -3.00. The van der Waals surface area contributed by atoms with Gasteiger partial charge in [0.15, 0.2) is 5.25 Å². The van der Waals surface area contributed by atoms with Crippen molar-refractivity contribution >= 4 is 40.9 Å². The lowest BCUT2D eigenvalue weighted by atomic mass is 9.96. The Labute approximate surface area is 179 Å². The molecule has 2 N–H and O–H groups in total. The van der Waals surface area contributed by atoms with Gasteiger partial charge in [-0.2, -0.15) is 0 Å². The van der Waals surface area contributed by atoms with E-state index in [9.17, 15) is 14.4 Å². The number of nitrogens with one attached hydrogen (secondary N) is 2. The highest BCUT2D eigenvalue weighted by atomic mass is 32.2. The number of ether oxygens (including phenoxy) is 1. The van der Waals surface area contributed by atoms with Crippen molar-refractivity contribution in [3.05, 3.63) is 48.5 Å². The van der Waals surface area contributed by atoms with Gasteiger partial charge < -0.3 is 20.3 Å². The minimum absolute atomic E-state index is 0.133. The molecule has 0 bridgehead atoms. The fourth-order valence-electron chi connectivity index (χ4n) is 3.72. The number of para-hydroxylation sites is 1. The van der Waals surface area contributed by atoms with Crippen molar-refractivity contribution < 1.29 is 19.1 Å². The van der Waals surface area contributed by atoms with Crippen molar-refractivity contribution in [2.24, 2.45) is 5.92 Å². The number of thioether (sulfide) groups is 1. The maximum atomic E-state index is 13.1. The summed E-state index contributed by atoms with van der Waals surface area (Å²) in [5.41, 5.74) is 1.38. The molecule has 2 aliphatic rings. The van der Waals surface area contributed by atoms with Crippen molar-refractivity contribution in [1.29, 1.82) is 0 Å². The predicted molar refractivity (Wildman–Crippen MR) is 116 cm³/mol. The van der Waals surface area contributed by atoms with Crippen LogP contribution in [0.1, 0.15) is 12.8 Å². The van der Waals surface area contributed by atoms with Gasteiger partial charge in [0, 0.05) is 29.7 Å². The van der Waals surface area contributed by atoms with Gasteiger partial charge in [-0.05, 0) is 37.1 Å². The zero-order chi connectivity index (χ0) is 21.1. The lowest BCUT2D eigenvalue weighted by molar-refractivity contribution is -0.136. The van der Waals surface area contributed by atoms with Gasteiger partial charge in [0.1, 0.15) is 5.75 Å². The van der Waals surface area contributed by atoms with Gasteiger partial charge in [-0.25, -0.2) is 0 Å². The summed E-state index contributed by atoms with van der Waals surface area (Å²) in [6, 6.07) is 14.6. The van der Waals surface area contributed by atoms with Crippen molar-refractivity contribution in [3.63, 3.8) is 0 Å². The molecule has 3 amide bonds. The largest absolute Gasteiger partial charge is 0.497 e. The van der Waals surface area contributed by atoms with Crippen LogP contribution in [0.25, 0.3) is 0 Å². The molecule has 2 aromatic rings. The molecule has 7 nitrogen and oxygen atoms in total. The molecule has 2 heterocycles. The van der Waals surface area contributed by atoms with Gasteiger partial charge in [0.25, 0.3) is 0 Å². The molecule has 0 spiro atoms. The summed E-state index contributed by atoms with van der Waals surface area (Å²) >= 11 is 1.27. The third kappa shape index (κ3) is 4.28. The Kier molecular flexibility index (Phi) is 5.94. The number of likely N-dealkylation sites (tertiary alicyclic amines) is 1. The van der Waals surface area contributed by atoms with Crippen LogP contribution >= 0.6 is 11.8 Å². The van der Waals surface area contributed by atoms with Crippen LogP contribution in [0.5, 0.6) is 5.75 Å². The zero-order valence-corrected chi connectivity index (χ0v) is 17.4. The first kappa shape index (κ1) is 20.3. The highest BCUT2D eigenvalue weighted by Crippen LogP contribution is 2.36. The molecule has 0 aliphatic carbocycles. The minimum atomic E-state index is -0.833. The van der Waals surface area contributed by atoms with Crippen molar-refractivity contribution in [3.8, 4) is 5.75 Å². The van der Waals surface area contributed by atoms with Crippen LogP contribution < -0.4 is 15.4 Å². The minimum Gasteiger partial charge on any atom is -0.497 e. The number of benzene rings is 2. The quantitative estimate of drug-likeness (QED) is 0.736. The molecule has 2 atom stereocenters. The molecule has 156 valence electrons. The van der Waals surface area contributed by atoms with Crippen LogP contribution in [-0.4, -0.2) is 48.1 Å². The van der Waals surface area contributed by atoms with Crippen LogP contribution in [0.15, 0.2) is 53.4 Å². The van der Waals surface area contributed by atoms with Gasteiger partial charge in [-0.3, -0.25) is 14.4 Å². The number of hydrogen-bond donors (Lipinski definition) is 2. The molecule has 1 saturated heterocycles. The zero-order valence-electron chi connectivity index (χ0n) is 16.6. The van der Waals surface area contributed by atoms with Crippen LogP contribution in [0, 0.1) is 5.92 Å². The van der Waals surface area contributed by atoms with E-state index in [0.29, 0.717) is 30.9 Å². The highest BCUT2D eigenvalue weighted by Gasteiger charge is 2.38. The lowest BCUT2D eigenvalue weighted by Gasteiger charge is -2.35. The molecule has 30 heavy (non-hydrogen) atoms. The van der Waals surface area contributed by atoms with Gasteiger partial charge in [0.05, 0.1) is 18.7 Å². The molecule has 4 rings (SSSR count). The molecular weight excluding hydrogens is 402 g/mol. The standard InChI is InChI=1S/C22H23N3O4S/c1-29-16-8-4-7-15(12-16)23-20(26)14-6-5-11-25(13-14)22(28)19-21(27)24-17-9-2-3-10-18(17)30-19/h2-4,7-10,12,14,19H,5-6,11,13H2,1H3,(H,23,26)(H,24,27)/t14-,19-/m0/s1. The van der Waals surface area contributed by atoms with E-state index in [1.165, 1.54) is 11.8 Å². The number of carbonyl (C=O) groups is 3. The molecule has 2 aliphatic heterocycles. The normalized spacial score (nSPS) is 20.7. The summed E-state index contributed by atoms with van der Waals surface area (Å²) in [6.45, 7) is 0.856. The van der Waals surface area contributed by atoms with Crippen molar-refractivity contribution in [2.45, 2.75) is 23.0 Å². The van der Waals surface area contributed by atoms with E-state index in [-0.39, 0.29) is 23.6 Å². The van der Waals surface area contributed by atoms with Gasteiger partial charge in [-0.15, -0.1) is 11.8 Å². The third-order valence-electron chi connectivity index (χ3n) is 5.29. The first-order chi connectivity index (χ1) is 14.5. The maximum absolute atomic E-state index is 13.1. The highest BCUT2D eigenvalue weighted by molar-refractivity contribution is 8.01. The Bertz CT molecular complexity index is 980. The van der Waals surface area contributed by atoms with Gasteiger partial charge >= 0.3 is 0 Å². The van der Waals surface area contributed by atoms with Crippen LogP contribution in [0.2, 0.25) is 0 Å². The number of rotatable bonds is 4. The Morgan fingerprint density at radius 1 is 1.20 bits per heavy atom. The Balaban J connectivity index is 1.41. The van der Waals surface area contributed by atoms with Gasteiger partial charge in [-0.1, -0.05) is 18.2 Å². The SMILES string of the molecule is COc1cccc(NC(=O)[C@H]2CCCN(C(=O)[C@H]3Sc4ccccc4NC3=O)C2)c1. The molecule has 1 fully saturated rings. The molecule has 0 unspecified atom stereocenters. The van der Waals surface area contributed by atoms with E-state index in [1.54, 1.807) is 24.1 Å². The van der Waals surface area contributed by atoms with E-state index in [0.717, 1.165) is 17.0 Å². The second kappa shape index (κ2) is 8.79. The average molecular weight is 426 g/mol. The van der Waals surface area contributed by atoms with Crippen molar-refractivity contribution in [1.82, 2.24) is 4.90 Å². The number of carbonyl (C=O) groups excluding carboxylic acids is 3. The molecular formula is C22H23N3O4S. The number of amides is 3. The number of piperidine rings is 1. The lowest BCUT2D eigenvalue weighted by Crippen LogP contribution is -2.50. The average Bonchev–Trinajstić information content (AvgIpc) is 2.78. The number of anilines is 2. The summed E-state index contributed by atoms with van der Waals surface area (Å²) in [5, 5.41) is 4.88. The predicted octanol–water partition coefficient (Wildman–Crippen LogP) is 2.99. The second-order valence-corrected chi connectivity index (χ2v) is 8.47.